The molecule has 2 aliphatic rings. The number of hydrogen-bond donors (Lipinski definition) is 1. The minimum absolute atomic E-state index is 0.0959. The maximum atomic E-state index is 5.54. The fourth-order valence-electron chi connectivity index (χ4n) is 1.39. The van der Waals surface area contributed by atoms with Crippen LogP contribution in [0.4, 0.5) is 0 Å². The molecule has 58 valence electrons. The van der Waals surface area contributed by atoms with Crippen molar-refractivity contribution in [1.82, 2.24) is 0 Å². The van der Waals surface area contributed by atoms with E-state index < -0.39 is 0 Å². The molecular weight excluding hydrogens is 140 g/mol. The van der Waals surface area contributed by atoms with Gasteiger partial charge in [0, 0.05) is 6.54 Å². The van der Waals surface area contributed by atoms with Gasteiger partial charge in [-0.3, -0.25) is 0 Å². The number of hydrogen-bond acceptors (Lipinski definition) is 3. The maximum absolute atomic E-state index is 5.54. The fraction of sp³-hybridized carbons (Fsp3) is 0.375. The van der Waals surface area contributed by atoms with Crippen LogP contribution < -0.4 is 5.73 Å². The third-order valence-corrected chi connectivity index (χ3v) is 2.03. The van der Waals surface area contributed by atoms with Crippen LogP contribution in [-0.4, -0.2) is 18.9 Å². The van der Waals surface area contributed by atoms with Gasteiger partial charge in [0.25, 0.3) is 0 Å². The van der Waals surface area contributed by atoms with Crippen molar-refractivity contribution in [2.75, 3.05) is 6.54 Å². The molecule has 1 heterocycles. The Kier molecular flexibility index (Phi) is 1.51. The van der Waals surface area contributed by atoms with Crippen molar-refractivity contribution >= 4 is 6.21 Å². The molecule has 0 saturated carbocycles. The van der Waals surface area contributed by atoms with Crippen LogP contribution in [0.15, 0.2) is 29.0 Å². The van der Waals surface area contributed by atoms with Gasteiger partial charge in [0.15, 0.2) is 6.10 Å². The summed E-state index contributed by atoms with van der Waals surface area (Å²) < 4.78 is 0. The van der Waals surface area contributed by atoms with Gasteiger partial charge in [-0.2, -0.15) is 0 Å². The lowest BCUT2D eigenvalue weighted by atomic mass is 9.91. The second-order valence-corrected chi connectivity index (χ2v) is 2.68. The van der Waals surface area contributed by atoms with Gasteiger partial charge in [-0.25, -0.2) is 0 Å². The first-order chi connectivity index (χ1) is 5.42. The van der Waals surface area contributed by atoms with Crippen LogP contribution in [0.25, 0.3) is 0 Å². The molecule has 0 aromatic rings. The average molecular weight is 150 g/mol. The van der Waals surface area contributed by atoms with Gasteiger partial charge in [-0.05, 0) is 11.6 Å². The van der Waals surface area contributed by atoms with Crippen LogP contribution >= 0.6 is 0 Å². The Hall–Kier alpha value is -1.09. The first kappa shape index (κ1) is 6.61. The van der Waals surface area contributed by atoms with Crippen LogP contribution in [0.3, 0.4) is 0 Å². The van der Waals surface area contributed by atoms with E-state index >= 15 is 0 Å². The van der Waals surface area contributed by atoms with E-state index in [0.717, 1.165) is 0 Å². The lowest BCUT2D eigenvalue weighted by molar-refractivity contribution is 0.103. The predicted octanol–water partition coefficient (Wildman–Crippen LogP) is 0.442. The molecule has 3 heteroatoms. The normalized spacial score (nSPS) is 33.0. The van der Waals surface area contributed by atoms with Crippen LogP contribution in [-0.2, 0) is 4.84 Å². The zero-order chi connectivity index (χ0) is 7.68. The highest BCUT2D eigenvalue weighted by atomic mass is 16.6. The van der Waals surface area contributed by atoms with E-state index in [9.17, 15) is 0 Å². The minimum Gasteiger partial charge on any atom is -0.388 e. The first-order valence-electron chi connectivity index (χ1n) is 3.68. The van der Waals surface area contributed by atoms with Crippen molar-refractivity contribution in [3.63, 3.8) is 0 Å². The number of nitrogens with two attached hydrogens (primary N) is 1. The molecule has 2 atom stereocenters. The Bertz CT molecular complexity index is 242. The fourth-order valence-corrected chi connectivity index (χ4v) is 1.39. The zero-order valence-corrected chi connectivity index (χ0v) is 6.10. The van der Waals surface area contributed by atoms with E-state index in [4.69, 9.17) is 10.6 Å². The van der Waals surface area contributed by atoms with Gasteiger partial charge in [0.1, 0.15) is 0 Å². The summed E-state index contributed by atoms with van der Waals surface area (Å²) in [6, 6.07) is 0. The van der Waals surface area contributed by atoms with E-state index in [0.29, 0.717) is 6.54 Å². The largest absolute Gasteiger partial charge is 0.388 e. The van der Waals surface area contributed by atoms with Gasteiger partial charge >= 0.3 is 0 Å². The highest BCUT2D eigenvalue weighted by Crippen LogP contribution is 2.25. The number of nitrogens with zero attached hydrogens (tertiary/aromatic N) is 1. The van der Waals surface area contributed by atoms with Crippen LogP contribution in [0.5, 0.6) is 0 Å². The van der Waals surface area contributed by atoms with E-state index in [2.05, 4.69) is 5.16 Å². The van der Waals surface area contributed by atoms with Crippen LogP contribution in [0.1, 0.15) is 0 Å². The van der Waals surface area contributed by atoms with Crippen LogP contribution in [0.2, 0.25) is 0 Å². The molecule has 11 heavy (non-hydrogen) atoms. The van der Waals surface area contributed by atoms with Gasteiger partial charge < -0.3 is 10.6 Å². The van der Waals surface area contributed by atoms with Gasteiger partial charge in [-0.15, -0.1) is 0 Å². The molecule has 0 aromatic carbocycles. The highest BCUT2D eigenvalue weighted by Gasteiger charge is 2.28. The Labute approximate surface area is 65.2 Å². The molecule has 3 nitrogen and oxygen atoms in total. The number of allylic oxidation sites excluding steroid dienone is 2. The molecule has 0 spiro atoms. The van der Waals surface area contributed by atoms with Crippen molar-refractivity contribution in [3.05, 3.63) is 23.8 Å². The van der Waals surface area contributed by atoms with E-state index in [-0.39, 0.29) is 12.0 Å². The van der Waals surface area contributed by atoms with Crippen LogP contribution in [0, 0.1) is 5.92 Å². The maximum Gasteiger partial charge on any atom is 0.157 e. The lowest BCUT2D eigenvalue weighted by Gasteiger charge is -2.17. The quantitative estimate of drug-likeness (QED) is 0.589. The molecular formula is C8H10N2O. The number of rotatable bonds is 1. The molecule has 2 unspecified atom stereocenters. The van der Waals surface area contributed by atoms with Gasteiger partial charge in [0.2, 0.25) is 0 Å². The molecule has 0 fully saturated rings. The summed E-state index contributed by atoms with van der Waals surface area (Å²) in [6.07, 6.45) is 7.90. The van der Waals surface area contributed by atoms with Crippen molar-refractivity contribution in [3.8, 4) is 0 Å². The van der Waals surface area contributed by atoms with E-state index in [1.54, 1.807) is 0 Å². The molecule has 0 aromatic heterocycles. The highest BCUT2D eigenvalue weighted by molar-refractivity contribution is 5.68. The summed E-state index contributed by atoms with van der Waals surface area (Å²) in [6.45, 7) is 0.584. The third kappa shape index (κ3) is 0.973. The van der Waals surface area contributed by atoms with E-state index in [1.165, 1.54) is 5.57 Å². The molecule has 2 rings (SSSR count). The van der Waals surface area contributed by atoms with Crippen molar-refractivity contribution in [2.45, 2.75) is 6.10 Å². The predicted molar refractivity (Wildman–Crippen MR) is 43.1 cm³/mol. The second kappa shape index (κ2) is 2.51. The summed E-state index contributed by atoms with van der Waals surface area (Å²) in [4.78, 5) is 5.08. The Morgan fingerprint density at radius 3 is 3.36 bits per heavy atom. The number of fused-ring (bicyclic) bond motifs is 1. The third-order valence-electron chi connectivity index (χ3n) is 2.03. The molecule has 0 bridgehead atoms. The standard InChI is InChI=1S/C8H10N2O/c9-4-6-2-1-3-8-7(6)5-10-11-8/h1-3,5,7-8H,4,9H2. The van der Waals surface area contributed by atoms with Crippen molar-refractivity contribution < 1.29 is 4.84 Å². The minimum atomic E-state index is 0.0959. The van der Waals surface area contributed by atoms with Crippen molar-refractivity contribution in [2.24, 2.45) is 16.8 Å². The summed E-state index contributed by atoms with van der Waals surface area (Å²) in [5.74, 6) is 0.282. The molecule has 2 N–H and O–H groups in total. The van der Waals surface area contributed by atoms with E-state index in [1.807, 2.05) is 24.4 Å². The van der Waals surface area contributed by atoms with Gasteiger partial charge in [0.05, 0.1) is 12.1 Å². The average Bonchev–Trinajstić information content (AvgIpc) is 2.50. The monoisotopic (exact) mass is 150 g/mol. The Morgan fingerprint density at radius 1 is 1.64 bits per heavy atom. The molecule has 1 aliphatic heterocycles. The second-order valence-electron chi connectivity index (χ2n) is 2.68. The van der Waals surface area contributed by atoms with Crippen molar-refractivity contribution in [1.29, 1.82) is 0 Å². The number of oxime groups is 1. The molecule has 1 aliphatic carbocycles. The molecule has 0 saturated heterocycles. The lowest BCUT2D eigenvalue weighted by Crippen LogP contribution is -2.24. The molecule has 0 amide bonds. The summed E-state index contributed by atoms with van der Waals surface area (Å²) >= 11 is 0. The SMILES string of the molecule is NCC1=CC=CC2ON=CC12. The summed E-state index contributed by atoms with van der Waals surface area (Å²) in [5, 5.41) is 3.75. The summed E-state index contributed by atoms with van der Waals surface area (Å²) in [7, 11) is 0. The zero-order valence-electron chi connectivity index (χ0n) is 6.10. The topological polar surface area (TPSA) is 47.6 Å². The Balaban J connectivity index is 2.25. The summed E-state index contributed by atoms with van der Waals surface area (Å²) in [5.41, 5.74) is 6.73. The Morgan fingerprint density at radius 2 is 2.55 bits per heavy atom. The molecule has 0 radical (unpaired) electrons. The smallest absolute Gasteiger partial charge is 0.157 e. The van der Waals surface area contributed by atoms with Gasteiger partial charge in [-0.1, -0.05) is 17.3 Å². The first-order valence-corrected chi connectivity index (χ1v) is 3.68.